The number of rotatable bonds is 19. The van der Waals surface area contributed by atoms with E-state index in [0.29, 0.717) is 0 Å². The number of aryl methyl sites for hydroxylation is 1. The molecule has 1 aromatic carbocycles. The normalized spacial score (nSPS) is 21.0. The van der Waals surface area contributed by atoms with Crippen LogP contribution in [-0.4, -0.2) is 93.4 Å². The molecule has 1 fully saturated rings. The van der Waals surface area contributed by atoms with Crippen molar-refractivity contribution in [3.63, 3.8) is 0 Å². The smallest absolute Gasteiger partial charge is 0.438 e. The Bertz CT molecular complexity index is 1130. The Balaban J connectivity index is 2.15. The number of carbonyl (C=O) groups excluding carboxylic acids is 3. The van der Waals surface area contributed by atoms with Crippen LogP contribution in [0.5, 0.6) is 0 Å². The van der Waals surface area contributed by atoms with Crippen molar-refractivity contribution in [3.8, 4) is 6.07 Å². The second-order valence-electron chi connectivity index (χ2n) is 11.4. The topological polar surface area (TPSA) is 143 Å². The van der Waals surface area contributed by atoms with Crippen molar-refractivity contribution >= 4 is 34.3 Å². The van der Waals surface area contributed by atoms with Crippen LogP contribution in [0.15, 0.2) is 24.3 Å². The third-order valence-electron chi connectivity index (χ3n) is 6.92. The molecule has 248 valence electrons. The van der Waals surface area contributed by atoms with Crippen LogP contribution in [0.3, 0.4) is 0 Å². The van der Waals surface area contributed by atoms with E-state index < -0.39 is 51.8 Å². The second kappa shape index (κ2) is 19.8. The van der Waals surface area contributed by atoms with Crippen LogP contribution in [0.4, 0.5) is 4.79 Å². The fraction of sp³-hybridized carbons (Fsp3) is 0.677. The van der Waals surface area contributed by atoms with Gasteiger partial charge in [-0.3, -0.25) is 4.79 Å². The summed E-state index contributed by atoms with van der Waals surface area (Å²) in [6.45, 7) is 12.8. The third kappa shape index (κ3) is 13.0. The monoisotopic (exact) mass is 648 g/mol. The molecule has 1 aliphatic rings. The van der Waals surface area contributed by atoms with Crippen LogP contribution in [0, 0.1) is 18.3 Å². The number of Topliss-reactive ketones (excluding diaryl/α,β-unsaturated/α-hetero) is 1. The minimum absolute atomic E-state index is 0.00992. The summed E-state index contributed by atoms with van der Waals surface area (Å²) in [7, 11) is 4.52. The van der Waals surface area contributed by atoms with E-state index in [0.717, 1.165) is 11.1 Å². The van der Waals surface area contributed by atoms with E-state index >= 15 is 0 Å². The van der Waals surface area contributed by atoms with Gasteiger partial charge in [0.2, 0.25) is 0 Å². The lowest BCUT2D eigenvalue weighted by molar-refractivity contribution is -0.165. The SMILES string of the molecule is [B][C@@H]1O[C@H](COC(=O)OCC(C)c2ccccc2C)C(OP(OCCC#N)N(C(C)C)C(C)C)[C@@H]1OCOC(=O)CCC(C)=O. The van der Waals surface area contributed by atoms with Crippen molar-refractivity contribution in [2.75, 3.05) is 26.6 Å². The van der Waals surface area contributed by atoms with E-state index in [9.17, 15) is 14.4 Å². The Labute approximate surface area is 269 Å². The highest BCUT2D eigenvalue weighted by molar-refractivity contribution is 7.44. The molecule has 12 nitrogen and oxygen atoms in total. The van der Waals surface area contributed by atoms with Crippen LogP contribution >= 0.6 is 8.53 Å². The molecule has 0 N–H and O–H groups in total. The minimum Gasteiger partial charge on any atom is -0.438 e. The molecular weight excluding hydrogens is 602 g/mol. The highest BCUT2D eigenvalue weighted by Crippen LogP contribution is 2.49. The predicted octanol–water partition coefficient (Wildman–Crippen LogP) is 5.06. The van der Waals surface area contributed by atoms with Crippen LogP contribution in [0.1, 0.15) is 77.8 Å². The molecule has 0 aromatic heterocycles. The van der Waals surface area contributed by atoms with Gasteiger partial charge in [0.05, 0.1) is 25.5 Å². The molecule has 6 atom stereocenters. The van der Waals surface area contributed by atoms with Gasteiger partial charge in [-0.05, 0) is 52.7 Å². The van der Waals surface area contributed by atoms with Gasteiger partial charge >= 0.3 is 12.1 Å². The van der Waals surface area contributed by atoms with Crippen LogP contribution in [-0.2, 0) is 42.3 Å². The third-order valence-corrected chi connectivity index (χ3v) is 9.05. The Morgan fingerprint density at radius 2 is 1.73 bits per heavy atom. The summed E-state index contributed by atoms with van der Waals surface area (Å²) in [5, 5.41) is 9.07. The molecular formula is C31H46BN2O10P. The van der Waals surface area contributed by atoms with Gasteiger partial charge < -0.3 is 37.5 Å². The van der Waals surface area contributed by atoms with Gasteiger partial charge in [0.1, 0.15) is 45.2 Å². The first-order chi connectivity index (χ1) is 21.3. The standard InChI is InChI=1S/C31H46BN2O10P/c1-20(2)34(21(3)4)45(42-16-10-15-33)44-28-26(43-30(32)29(28)41-19-40-27(36)14-13-24(7)35)18-39-31(37)38-17-23(6)25-12-9-8-11-22(25)5/h8-9,11-12,20-21,23,26,28-30H,10,13-14,16-19H2,1-7H3/t23?,26-,28?,29+,30-,45?/m1/s1. The zero-order valence-electron chi connectivity index (χ0n) is 27.3. The number of benzene rings is 1. The highest BCUT2D eigenvalue weighted by Gasteiger charge is 2.47. The van der Waals surface area contributed by atoms with E-state index in [1.807, 2.05) is 70.5 Å². The van der Waals surface area contributed by atoms with E-state index in [-0.39, 0.29) is 62.9 Å². The number of ketones is 1. The zero-order chi connectivity index (χ0) is 33.5. The van der Waals surface area contributed by atoms with Crippen molar-refractivity contribution < 1.29 is 47.1 Å². The molecule has 1 aromatic rings. The molecule has 1 heterocycles. The highest BCUT2D eigenvalue weighted by atomic mass is 31.2. The quantitative estimate of drug-likeness (QED) is 0.0650. The summed E-state index contributed by atoms with van der Waals surface area (Å²) in [5.74, 6) is -0.789. The van der Waals surface area contributed by atoms with Gasteiger partial charge in [-0.1, -0.05) is 31.2 Å². The predicted molar refractivity (Wildman–Crippen MR) is 167 cm³/mol. The molecule has 14 heteroatoms. The van der Waals surface area contributed by atoms with Gasteiger partial charge in [0.25, 0.3) is 8.53 Å². The molecule has 1 saturated heterocycles. The van der Waals surface area contributed by atoms with Crippen molar-refractivity contribution in [2.45, 2.75) is 110 Å². The summed E-state index contributed by atoms with van der Waals surface area (Å²) in [4.78, 5) is 35.8. The van der Waals surface area contributed by atoms with Gasteiger partial charge in [0.15, 0.2) is 6.79 Å². The van der Waals surface area contributed by atoms with Gasteiger partial charge in [-0.2, -0.15) is 5.26 Å². The number of ether oxygens (including phenoxy) is 5. The van der Waals surface area contributed by atoms with Crippen molar-refractivity contribution in [2.24, 2.45) is 0 Å². The Morgan fingerprint density at radius 3 is 2.36 bits per heavy atom. The summed E-state index contributed by atoms with van der Waals surface area (Å²) in [6, 6.07) is 8.91. The first-order valence-electron chi connectivity index (χ1n) is 15.1. The lowest BCUT2D eigenvalue weighted by Crippen LogP contribution is -2.42. The number of hydrogen-bond acceptors (Lipinski definition) is 12. The molecule has 2 radical (unpaired) electrons. The largest absolute Gasteiger partial charge is 0.508 e. The van der Waals surface area contributed by atoms with E-state index in [1.165, 1.54) is 6.92 Å². The maximum atomic E-state index is 12.6. The molecule has 2 rings (SSSR count). The number of nitrogens with zero attached hydrogens (tertiary/aromatic N) is 2. The van der Waals surface area contributed by atoms with Gasteiger partial charge in [-0.25, -0.2) is 9.46 Å². The fourth-order valence-electron chi connectivity index (χ4n) is 4.75. The first-order valence-corrected chi connectivity index (χ1v) is 16.3. The molecule has 3 unspecified atom stereocenters. The van der Waals surface area contributed by atoms with E-state index in [2.05, 4.69) is 6.07 Å². The van der Waals surface area contributed by atoms with Crippen molar-refractivity contribution in [1.82, 2.24) is 4.67 Å². The van der Waals surface area contributed by atoms with E-state index in [1.54, 1.807) is 0 Å². The second-order valence-corrected chi connectivity index (χ2v) is 12.8. The lowest BCUT2D eigenvalue weighted by atomic mass is 9.93. The average Bonchev–Trinajstić information content (AvgIpc) is 3.26. The van der Waals surface area contributed by atoms with Crippen LogP contribution in [0.25, 0.3) is 0 Å². The maximum absolute atomic E-state index is 12.6. The summed E-state index contributed by atoms with van der Waals surface area (Å²) < 4.78 is 42.2. The Morgan fingerprint density at radius 1 is 1.04 bits per heavy atom. The Kier molecular flexibility index (Phi) is 17.0. The molecule has 0 spiro atoms. The zero-order valence-corrected chi connectivity index (χ0v) is 28.2. The number of esters is 1. The number of nitriles is 1. The number of carbonyl (C=O) groups is 3. The molecule has 0 aliphatic carbocycles. The van der Waals surface area contributed by atoms with Gasteiger partial charge in [-0.15, -0.1) is 0 Å². The van der Waals surface area contributed by atoms with Crippen molar-refractivity contribution in [1.29, 1.82) is 5.26 Å². The fourth-order valence-corrected chi connectivity index (χ4v) is 6.52. The van der Waals surface area contributed by atoms with Crippen LogP contribution in [0.2, 0.25) is 0 Å². The average molecular weight is 648 g/mol. The molecule has 45 heavy (non-hydrogen) atoms. The molecule has 1 aliphatic heterocycles. The Hall–Kier alpha value is -2.59. The maximum Gasteiger partial charge on any atom is 0.508 e. The minimum atomic E-state index is -1.76. The van der Waals surface area contributed by atoms with Crippen LogP contribution < -0.4 is 0 Å². The van der Waals surface area contributed by atoms with Gasteiger partial charge in [0, 0.05) is 30.4 Å². The molecule has 0 amide bonds. The van der Waals surface area contributed by atoms with E-state index in [4.69, 9.17) is 45.8 Å². The summed E-state index contributed by atoms with van der Waals surface area (Å²) >= 11 is 0. The summed E-state index contributed by atoms with van der Waals surface area (Å²) in [6.07, 6.45) is -3.49. The van der Waals surface area contributed by atoms with Crippen molar-refractivity contribution in [3.05, 3.63) is 35.4 Å². The lowest BCUT2D eigenvalue weighted by Gasteiger charge is -2.38. The summed E-state index contributed by atoms with van der Waals surface area (Å²) in [5.41, 5.74) is 2.16. The molecule has 0 saturated carbocycles. The molecule has 0 bridgehead atoms. The number of hydrogen-bond donors (Lipinski definition) is 0. The first kappa shape index (κ1) is 38.6.